The first kappa shape index (κ1) is 20.2. The second kappa shape index (κ2) is 8.35. The number of carbonyl (C=O) groups is 2. The quantitative estimate of drug-likeness (QED) is 0.674. The smallest absolute Gasteiger partial charge is 0.311 e. The highest BCUT2D eigenvalue weighted by molar-refractivity contribution is 6.20. The number of nitrogens with zero attached hydrogens (tertiary/aromatic N) is 2. The molecule has 0 bridgehead atoms. The van der Waals surface area contributed by atoms with Crippen molar-refractivity contribution in [2.75, 3.05) is 17.3 Å². The molecule has 0 aromatic heterocycles. The first-order chi connectivity index (χ1) is 15.0. The Hall–Kier alpha value is -4.07. The maximum Gasteiger partial charge on any atom is 0.321 e. The molecule has 4 rings (SSSR count). The molecule has 1 aliphatic heterocycles. The summed E-state index contributed by atoms with van der Waals surface area (Å²) < 4.78 is 28.4. The van der Waals surface area contributed by atoms with Crippen molar-refractivity contribution < 1.29 is 18.4 Å². The van der Waals surface area contributed by atoms with E-state index < -0.39 is 29.7 Å². The molecule has 31 heavy (non-hydrogen) atoms. The molecular formula is C23H18F2N4O2. The van der Waals surface area contributed by atoms with Crippen LogP contribution in [0.2, 0.25) is 0 Å². The van der Waals surface area contributed by atoms with Crippen molar-refractivity contribution in [3.8, 4) is 0 Å². The molecule has 1 aliphatic rings. The van der Waals surface area contributed by atoms with Gasteiger partial charge in [0.15, 0.2) is 0 Å². The van der Waals surface area contributed by atoms with Gasteiger partial charge in [-0.1, -0.05) is 42.5 Å². The van der Waals surface area contributed by atoms with Gasteiger partial charge in [0.2, 0.25) is 6.17 Å². The maximum absolute atomic E-state index is 14.6. The number of aliphatic imine (C=N–C) groups is 1. The standard InChI is InChI=1S/C23H18F2N4O2/c1-29-19-13-7-3-9-15(19)20(14-8-2-4-10-16(14)24)27-21(22(29)30)28-23(31)26-18-12-6-5-11-17(18)25/h2-13,21H,1H3,(H2,26,28,31). The number of benzodiazepines with no additional fused rings is 1. The van der Waals surface area contributed by atoms with Crippen LogP contribution >= 0.6 is 0 Å². The normalized spacial score (nSPS) is 15.6. The molecule has 6 nitrogen and oxygen atoms in total. The summed E-state index contributed by atoms with van der Waals surface area (Å²) >= 11 is 0. The summed E-state index contributed by atoms with van der Waals surface area (Å²) in [7, 11) is 1.55. The topological polar surface area (TPSA) is 73.8 Å². The number of benzene rings is 3. The maximum atomic E-state index is 14.6. The van der Waals surface area contributed by atoms with Crippen LogP contribution in [0.15, 0.2) is 77.8 Å². The van der Waals surface area contributed by atoms with Crippen molar-refractivity contribution in [1.29, 1.82) is 0 Å². The Morgan fingerprint density at radius 3 is 2.23 bits per heavy atom. The van der Waals surface area contributed by atoms with Crippen LogP contribution in [0.5, 0.6) is 0 Å². The Balaban J connectivity index is 1.73. The summed E-state index contributed by atoms with van der Waals surface area (Å²) in [5, 5.41) is 4.81. The minimum Gasteiger partial charge on any atom is -0.311 e. The zero-order valence-corrected chi connectivity index (χ0v) is 16.5. The van der Waals surface area contributed by atoms with Gasteiger partial charge in [-0.15, -0.1) is 0 Å². The highest BCUT2D eigenvalue weighted by Gasteiger charge is 2.31. The van der Waals surface area contributed by atoms with Crippen molar-refractivity contribution in [3.05, 3.63) is 95.6 Å². The van der Waals surface area contributed by atoms with Crippen LogP contribution in [-0.2, 0) is 4.79 Å². The second-order valence-electron chi connectivity index (χ2n) is 6.85. The van der Waals surface area contributed by atoms with Gasteiger partial charge >= 0.3 is 6.03 Å². The predicted octanol–water partition coefficient (Wildman–Crippen LogP) is 3.93. The van der Waals surface area contributed by atoms with E-state index in [-0.39, 0.29) is 17.0 Å². The number of amides is 3. The number of hydrogen-bond donors (Lipinski definition) is 2. The number of anilines is 2. The van der Waals surface area contributed by atoms with Crippen molar-refractivity contribution in [2.45, 2.75) is 6.17 Å². The SMILES string of the molecule is CN1C(=O)C(NC(=O)Nc2ccccc2F)N=C(c2ccccc2F)c2ccccc21. The lowest BCUT2D eigenvalue weighted by atomic mass is 10.00. The van der Waals surface area contributed by atoms with Crippen LogP contribution in [0.1, 0.15) is 11.1 Å². The van der Waals surface area contributed by atoms with Gasteiger partial charge in [0.25, 0.3) is 5.91 Å². The number of hydrogen-bond acceptors (Lipinski definition) is 3. The molecule has 0 radical (unpaired) electrons. The van der Waals surface area contributed by atoms with E-state index in [1.54, 1.807) is 55.6 Å². The highest BCUT2D eigenvalue weighted by Crippen LogP contribution is 2.28. The van der Waals surface area contributed by atoms with E-state index in [0.29, 0.717) is 11.3 Å². The average Bonchev–Trinajstić information content (AvgIpc) is 2.87. The number of para-hydroxylation sites is 2. The van der Waals surface area contributed by atoms with E-state index in [2.05, 4.69) is 15.6 Å². The van der Waals surface area contributed by atoms with Crippen LogP contribution in [-0.4, -0.2) is 30.9 Å². The Morgan fingerprint density at radius 2 is 1.52 bits per heavy atom. The van der Waals surface area contributed by atoms with E-state index in [9.17, 15) is 18.4 Å². The first-order valence-electron chi connectivity index (χ1n) is 9.47. The van der Waals surface area contributed by atoms with Gasteiger partial charge in [0.1, 0.15) is 11.6 Å². The minimum absolute atomic E-state index is 0.0454. The Labute approximate surface area is 177 Å². The van der Waals surface area contributed by atoms with Crippen LogP contribution < -0.4 is 15.5 Å². The molecule has 8 heteroatoms. The van der Waals surface area contributed by atoms with E-state index in [4.69, 9.17) is 0 Å². The van der Waals surface area contributed by atoms with E-state index in [1.807, 2.05) is 0 Å². The molecule has 0 fully saturated rings. The third kappa shape index (κ3) is 4.00. The van der Waals surface area contributed by atoms with Crippen LogP contribution in [0, 0.1) is 11.6 Å². The minimum atomic E-state index is -1.35. The Bertz CT molecular complexity index is 1200. The second-order valence-corrected chi connectivity index (χ2v) is 6.85. The molecule has 1 heterocycles. The fraction of sp³-hybridized carbons (Fsp3) is 0.0870. The van der Waals surface area contributed by atoms with Crippen molar-refractivity contribution in [2.24, 2.45) is 4.99 Å². The fourth-order valence-corrected chi connectivity index (χ4v) is 3.33. The molecule has 1 unspecified atom stereocenters. The number of urea groups is 1. The largest absolute Gasteiger partial charge is 0.321 e. The molecule has 0 aliphatic carbocycles. The third-order valence-corrected chi connectivity index (χ3v) is 4.86. The molecule has 3 amide bonds. The van der Waals surface area contributed by atoms with Gasteiger partial charge in [0, 0.05) is 18.2 Å². The lowest BCUT2D eigenvalue weighted by Gasteiger charge is -2.21. The van der Waals surface area contributed by atoms with Gasteiger partial charge in [-0.2, -0.15) is 0 Å². The van der Waals surface area contributed by atoms with E-state index in [0.717, 1.165) is 0 Å². The van der Waals surface area contributed by atoms with Gasteiger partial charge in [-0.25, -0.2) is 18.6 Å². The van der Waals surface area contributed by atoms with E-state index >= 15 is 0 Å². The summed E-state index contributed by atoms with van der Waals surface area (Å²) in [6, 6.07) is 17.8. The summed E-state index contributed by atoms with van der Waals surface area (Å²) in [6.45, 7) is 0. The van der Waals surface area contributed by atoms with Crippen molar-refractivity contribution in [1.82, 2.24) is 5.32 Å². The molecule has 1 atom stereocenters. The van der Waals surface area contributed by atoms with Crippen LogP contribution in [0.25, 0.3) is 0 Å². The molecule has 0 saturated heterocycles. The number of rotatable bonds is 3. The number of fused-ring (bicyclic) bond motifs is 1. The number of halogens is 2. The molecular weight excluding hydrogens is 402 g/mol. The number of nitrogens with one attached hydrogen (secondary N) is 2. The number of carbonyl (C=O) groups excluding carboxylic acids is 2. The summed E-state index contributed by atoms with van der Waals surface area (Å²) in [5.41, 5.74) is 1.44. The van der Waals surface area contributed by atoms with Crippen LogP contribution in [0.4, 0.5) is 25.0 Å². The zero-order chi connectivity index (χ0) is 22.0. The van der Waals surface area contributed by atoms with Gasteiger partial charge in [-0.3, -0.25) is 4.79 Å². The van der Waals surface area contributed by atoms with Crippen molar-refractivity contribution >= 4 is 29.0 Å². The Kier molecular flexibility index (Phi) is 5.44. The molecule has 0 saturated carbocycles. The lowest BCUT2D eigenvalue weighted by Crippen LogP contribution is -2.47. The lowest BCUT2D eigenvalue weighted by molar-refractivity contribution is -0.119. The summed E-state index contributed by atoms with van der Waals surface area (Å²) in [4.78, 5) is 31.3. The van der Waals surface area contributed by atoms with Gasteiger partial charge in [-0.05, 0) is 30.3 Å². The van der Waals surface area contributed by atoms with Gasteiger partial charge < -0.3 is 15.5 Å². The molecule has 2 N–H and O–H groups in total. The third-order valence-electron chi connectivity index (χ3n) is 4.86. The first-order valence-corrected chi connectivity index (χ1v) is 9.47. The summed E-state index contributed by atoms with van der Waals surface area (Å²) in [5.74, 6) is -1.66. The highest BCUT2D eigenvalue weighted by atomic mass is 19.1. The molecule has 0 spiro atoms. The monoisotopic (exact) mass is 420 g/mol. The fourth-order valence-electron chi connectivity index (χ4n) is 3.33. The number of likely N-dealkylation sites (N-methyl/N-ethyl adjacent to an activating group) is 1. The van der Waals surface area contributed by atoms with Crippen LogP contribution in [0.3, 0.4) is 0 Å². The van der Waals surface area contributed by atoms with Gasteiger partial charge in [0.05, 0.1) is 17.1 Å². The summed E-state index contributed by atoms with van der Waals surface area (Å²) in [6.07, 6.45) is -1.35. The zero-order valence-electron chi connectivity index (χ0n) is 16.5. The van der Waals surface area contributed by atoms with E-state index in [1.165, 1.54) is 29.2 Å². The molecule has 3 aromatic rings. The average molecular weight is 420 g/mol. The molecule has 156 valence electrons. The van der Waals surface area contributed by atoms with Crippen molar-refractivity contribution in [3.63, 3.8) is 0 Å². The predicted molar refractivity (Wildman–Crippen MR) is 114 cm³/mol. The Morgan fingerprint density at radius 1 is 0.903 bits per heavy atom. The molecule has 3 aromatic carbocycles.